The molecule has 6 nitrogen and oxygen atoms in total. The van der Waals surface area contributed by atoms with Crippen LogP contribution < -0.4 is 5.36 Å². The van der Waals surface area contributed by atoms with Gasteiger partial charge in [-0.25, -0.2) is 14.6 Å². The van der Waals surface area contributed by atoms with Crippen molar-refractivity contribution in [3.8, 4) is 0 Å². The van der Waals surface area contributed by atoms with E-state index in [2.05, 4.69) is 9.98 Å². The number of carboxylic acids is 2. The number of pyridine rings is 1. The van der Waals surface area contributed by atoms with Crippen LogP contribution in [0.4, 0.5) is 0 Å². The number of benzene rings is 1. The summed E-state index contributed by atoms with van der Waals surface area (Å²) in [5, 5.41) is 19.1. The average molecular weight is 316 g/mol. The average Bonchev–Trinajstić information content (AvgIpc) is 2.90. The van der Waals surface area contributed by atoms with Gasteiger partial charge in [-0.2, -0.15) is 10.5 Å². The highest BCUT2D eigenvalue weighted by Crippen LogP contribution is 2.26. The van der Waals surface area contributed by atoms with E-state index in [1.165, 1.54) is 12.3 Å². The SMILES string of the molecule is O=C(O)c1cc(CS2=c3ccccc3=NC2)cnc1C(=O)O. The summed E-state index contributed by atoms with van der Waals surface area (Å²) in [6.07, 6.45) is 1.43. The van der Waals surface area contributed by atoms with Gasteiger partial charge in [-0.05, 0) is 23.8 Å². The van der Waals surface area contributed by atoms with Gasteiger partial charge in [-0.1, -0.05) is 12.1 Å². The van der Waals surface area contributed by atoms with Gasteiger partial charge in [0.1, 0.15) is 0 Å². The highest BCUT2D eigenvalue weighted by Gasteiger charge is 2.18. The van der Waals surface area contributed by atoms with Gasteiger partial charge in [0.15, 0.2) is 5.69 Å². The third-order valence-corrected chi connectivity index (χ3v) is 5.37. The molecule has 0 bridgehead atoms. The quantitative estimate of drug-likeness (QED) is 0.838. The van der Waals surface area contributed by atoms with Crippen LogP contribution in [0.3, 0.4) is 0 Å². The number of nitrogens with zero attached hydrogens (tertiary/aromatic N) is 2. The maximum absolute atomic E-state index is 11.2. The van der Waals surface area contributed by atoms with Crippen LogP contribution in [0.15, 0.2) is 41.5 Å². The van der Waals surface area contributed by atoms with Crippen LogP contribution in [-0.4, -0.2) is 33.0 Å². The van der Waals surface area contributed by atoms with E-state index in [0.29, 0.717) is 17.2 Å². The number of carbonyl (C=O) groups is 2. The lowest BCUT2D eigenvalue weighted by Gasteiger charge is -2.07. The van der Waals surface area contributed by atoms with Gasteiger partial charge < -0.3 is 10.2 Å². The van der Waals surface area contributed by atoms with Crippen molar-refractivity contribution in [2.45, 2.75) is 5.75 Å². The van der Waals surface area contributed by atoms with Gasteiger partial charge >= 0.3 is 11.9 Å². The molecule has 2 heterocycles. The zero-order valence-corrected chi connectivity index (χ0v) is 12.2. The Kier molecular flexibility index (Phi) is 3.72. The smallest absolute Gasteiger partial charge is 0.355 e. The third kappa shape index (κ3) is 2.62. The van der Waals surface area contributed by atoms with Gasteiger partial charge in [-0.15, -0.1) is 0 Å². The van der Waals surface area contributed by atoms with E-state index in [0.717, 1.165) is 9.87 Å². The van der Waals surface area contributed by atoms with Crippen LogP contribution >= 0.6 is 10.5 Å². The van der Waals surface area contributed by atoms with Crippen molar-refractivity contribution in [2.24, 2.45) is 4.99 Å². The van der Waals surface area contributed by atoms with E-state index in [1.807, 2.05) is 24.3 Å². The summed E-state index contributed by atoms with van der Waals surface area (Å²) >= 11 is 0. The molecule has 0 saturated heterocycles. The van der Waals surface area contributed by atoms with Crippen molar-refractivity contribution in [3.05, 3.63) is 63.2 Å². The summed E-state index contributed by atoms with van der Waals surface area (Å²) in [4.78, 5) is 30.5. The van der Waals surface area contributed by atoms with Crippen molar-refractivity contribution in [3.63, 3.8) is 0 Å². The number of fused-ring (bicyclic) bond motifs is 1. The molecule has 112 valence electrons. The van der Waals surface area contributed by atoms with Gasteiger partial charge in [-0.3, -0.25) is 4.99 Å². The Bertz CT molecular complexity index is 908. The van der Waals surface area contributed by atoms with Crippen molar-refractivity contribution in [1.29, 1.82) is 0 Å². The second kappa shape index (κ2) is 5.69. The van der Waals surface area contributed by atoms with Crippen molar-refractivity contribution in [2.75, 3.05) is 5.88 Å². The Morgan fingerprint density at radius 1 is 1.18 bits per heavy atom. The van der Waals surface area contributed by atoms with Crippen LogP contribution in [0.1, 0.15) is 26.4 Å². The summed E-state index contributed by atoms with van der Waals surface area (Å²) in [5.74, 6) is -1.35. The summed E-state index contributed by atoms with van der Waals surface area (Å²) < 4.78 is 1.15. The molecule has 2 aromatic rings. The van der Waals surface area contributed by atoms with E-state index in [4.69, 9.17) is 10.2 Å². The molecule has 7 heteroatoms. The fourth-order valence-corrected chi connectivity index (χ4v) is 4.23. The zero-order chi connectivity index (χ0) is 15.7. The van der Waals surface area contributed by atoms with Crippen LogP contribution in [0.5, 0.6) is 0 Å². The van der Waals surface area contributed by atoms with Crippen LogP contribution in [0.25, 0.3) is 0 Å². The first-order valence-corrected chi connectivity index (χ1v) is 8.02. The van der Waals surface area contributed by atoms with E-state index >= 15 is 0 Å². The standard InChI is InChI=1S/C15H12N2O4S/c18-14(19)10-5-9(6-16-13(10)15(20)21)7-22-8-17-11-3-1-2-4-12(11)22/h1-6H,7-8H2,(H,18,19)(H,20,21). The number of carboxylic acid groups (broad SMARTS) is 2. The van der Waals surface area contributed by atoms with Crippen LogP contribution in [-0.2, 0) is 5.75 Å². The lowest BCUT2D eigenvalue weighted by Crippen LogP contribution is -2.11. The molecule has 0 spiro atoms. The molecular formula is C15H12N2O4S. The van der Waals surface area contributed by atoms with Crippen LogP contribution in [0, 0.1) is 4.51 Å². The van der Waals surface area contributed by atoms with E-state index in [-0.39, 0.29) is 16.0 Å². The fraction of sp³-hybridized carbons (Fsp3) is 0.133. The molecule has 0 fully saturated rings. The number of hydrogen-bond donors (Lipinski definition) is 2. The predicted octanol–water partition coefficient (Wildman–Crippen LogP) is 1.79. The Balaban J connectivity index is 2.02. The molecule has 0 amide bonds. The Hall–Kier alpha value is -2.54. The maximum atomic E-state index is 11.2. The number of rotatable bonds is 4. The lowest BCUT2D eigenvalue weighted by molar-refractivity contribution is 0.0646. The first-order chi connectivity index (χ1) is 10.6. The minimum absolute atomic E-state index is 0.139. The lowest BCUT2D eigenvalue weighted by atomic mass is 10.1. The zero-order valence-electron chi connectivity index (χ0n) is 11.4. The molecule has 0 radical (unpaired) electrons. The number of para-hydroxylation sites is 1. The molecule has 1 atom stereocenters. The molecule has 3 rings (SSSR count). The van der Waals surface area contributed by atoms with Gasteiger partial charge in [0.25, 0.3) is 0 Å². The van der Waals surface area contributed by atoms with Crippen LogP contribution in [0.2, 0.25) is 0 Å². The largest absolute Gasteiger partial charge is 0.478 e. The van der Waals surface area contributed by atoms with Crippen molar-refractivity contribution >= 4 is 22.4 Å². The molecule has 1 aliphatic rings. The normalized spacial score (nSPS) is 15.9. The fourth-order valence-electron chi connectivity index (χ4n) is 2.29. The molecule has 1 aromatic heterocycles. The molecule has 1 aromatic carbocycles. The maximum Gasteiger partial charge on any atom is 0.355 e. The molecule has 1 aliphatic heterocycles. The predicted molar refractivity (Wildman–Crippen MR) is 80.8 cm³/mol. The van der Waals surface area contributed by atoms with E-state index in [1.54, 1.807) is 0 Å². The number of hydrogen-bond acceptors (Lipinski definition) is 4. The summed E-state index contributed by atoms with van der Waals surface area (Å²) in [7, 11) is -0.139. The molecular weight excluding hydrogens is 304 g/mol. The molecule has 0 aliphatic carbocycles. The second-order valence-corrected chi connectivity index (χ2v) is 6.71. The molecule has 22 heavy (non-hydrogen) atoms. The second-order valence-electron chi connectivity index (χ2n) is 4.74. The van der Waals surface area contributed by atoms with Crippen molar-refractivity contribution in [1.82, 2.24) is 4.98 Å². The molecule has 1 unspecified atom stereocenters. The van der Waals surface area contributed by atoms with Crippen molar-refractivity contribution < 1.29 is 19.8 Å². The molecule has 2 N–H and O–H groups in total. The third-order valence-electron chi connectivity index (χ3n) is 3.29. The van der Waals surface area contributed by atoms with E-state index < -0.39 is 17.6 Å². The Labute approximate surface area is 127 Å². The highest BCUT2D eigenvalue weighted by molar-refractivity contribution is 8.08. The number of aromatic nitrogens is 1. The van der Waals surface area contributed by atoms with Gasteiger partial charge in [0.05, 0.1) is 16.8 Å². The first-order valence-electron chi connectivity index (χ1n) is 6.46. The minimum Gasteiger partial charge on any atom is -0.478 e. The van der Waals surface area contributed by atoms with E-state index in [9.17, 15) is 9.59 Å². The minimum atomic E-state index is -1.34. The Morgan fingerprint density at radius 3 is 2.68 bits per heavy atom. The topological polar surface area (TPSA) is 99.9 Å². The number of aromatic carboxylic acids is 2. The monoisotopic (exact) mass is 316 g/mol. The first kappa shape index (κ1) is 14.4. The van der Waals surface area contributed by atoms with Gasteiger partial charge in [0.2, 0.25) is 0 Å². The summed E-state index contributed by atoms with van der Waals surface area (Å²) in [6, 6.07) is 9.25. The highest BCUT2D eigenvalue weighted by atomic mass is 32.2. The summed E-state index contributed by atoms with van der Waals surface area (Å²) in [6.45, 7) is 0. The van der Waals surface area contributed by atoms with Gasteiger partial charge in [0, 0.05) is 16.5 Å². The summed E-state index contributed by atoms with van der Waals surface area (Å²) in [5.41, 5.74) is -0.00764. The molecule has 0 saturated carbocycles. The Morgan fingerprint density at radius 2 is 1.95 bits per heavy atom.